The minimum absolute atomic E-state index is 0.0530. The number of nitrogens with one attached hydrogen (secondary N) is 3. The Morgan fingerprint density at radius 2 is 2.21 bits per heavy atom. The van der Waals surface area contributed by atoms with Crippen LogP contribution in [0, 0.1) is 11.2 Å². The van der Waals surface area contributed by atoms with Crippen LogP contribution in [0.1, 0.15) is 23.1 Å². The molecule has 0 amide bonds. The van der Waals surface area contributed by atoms with Gasteiger partial charge in [-0.05, 0) is 18.2 Å². The lowest BCUT2D eigenvalue weighted by molar-refractivity contribution is 0.0956. The number of amidine groups is 2. The summed E-state index contributed by atoms with van der Waals surface area (Å²) in [6, 6.07) is 7.84. The topological polar surface area (TPSA) is 140 Å². The molecule has 3 aromatic heterocycles. The predicted molar refractivity (Wildman–Crippen MR) is 105 cm³/mol. The van der Waals surface area contributed by atoms with Crippen molar-refractivity contribution in [2.24, 2.45) is 4.99 Å². The van der Waals surface area contributed by atoms with Crippen molar-refractivity contribution >= 4 is 17.4 Å². The van der Waals surface area contributed by atoms with E-state index in [1.807, 2.05) is 0 Å². The number of rotatable bonds is 6. The maximum Gasteiger partial charge on any atom is 0.213 e. The van der Waals surface area contributed by atoms with Gasteiger partial charge >= 0.3 is 0 Å². The number of aliphatic hydroxyl groups excluding tert-OH is 2. The van der Waals surface area contributed by atoms with Gasteiger partial charge in [0.05, 0.1) is 31.3 Å². The lowest BCUT2D eigenvalue weighted by Gasteiger charge is -2.14. The Hall–Kier alpha value is -3.63. The fraction of sp³-hybridized carbons (Fsp3) is 0.158. The van der Waals surface area contributed by atoms with Crippen LogP contribution >= 0.6 is 0 Å². The first-order chi connectivity index (χ1) is 14.0. The lowest BCUT2D eigenvalue weighted by Crippen LogP contribution is -2.20. The number of aliphatic hydroxyl groups is 2. The molecule has 1 atom stereocenters. The van der Waals surface area contributed by atoms with Gasteiger partial charge in [-0.3, -0.25) is 10.4 Å². The molecule has 0 saturated carbocycles. The minimum Gasteiger partial charge on any atom is -0.481 e. The van der Waals surface area contributed by atoms with Crippen LogP contribution in [-0.4, -0.2) is 50.6 Å². The molecular weight excluding hydrogens is 379 g/mol. The molecule has 0 aliphatic rings. The fourth-order valence-electron chi connectivity index (χ4n) is 2.54. The highest BCUT2D eigenvalue weighted by Crippen LogP contribution is 2.20. The third-order valence-electron chi connectivity index (χ3n) is 3.97. The first-order valence-corrected chi connectivity index (χ1v) is 8.55. The maximum absolute atomic E-state index is 14.1. The largest absolute Gasteiger partial charge is 0.481 e. The first-order valence-electron chi connectivity index (χ1n) is 8.55. The molecule has 0 saturated heterocycles. The van der Waals surface area contributed by atoms with Gasteiger partial charge in [0.2, 0.25) is 5.88 Å². The second-order valence-electron chi connectivity index (χ2n) is 5.86. The summed E-state index contributed by atoms with van der Waals surface area (Å²) in [7, 11) is 1.46. The highest BCUT2D eigenvalue weighted by molar-refractivity contribution is 6.15. The monoisotopic (exact) mass is 398 g/mol. The number of halogens is 1. The van der Waals surface area contributed by atoms with E-state index in [0.29, 0.717) is 11.4 Å². The van der Waals surface area contributed by atoms with Gasteiger partial charge in [-0.25, -0.2) is 14.4 Å². The molecule has 0 aromatic carbocycles. The van der Waals surface area contributed by atoms with Gasteiger partial charge < -0.3 is 25.3 Å². The number of hydrogen-bond acceptors (Lipinski definition) is 6. The average Bonchev–Trinajstić information content (AvgIpc) is 3.24. The summed E-state index contributed by atoms with van der Waals surface area (Å²) in [5.74, 6) is -0.479. The fourth-order valence-corrected chi connectivity index (χ4v) is 2.54. The number of nitrogens with zero attached hydrogens (tertiary/aromatic N) is 3. The molecule has 3 heterocycles. The number of aromatic amines is 1. The van der Waals surface area contributed by atoms with Gasteiger partial charge in [-0.2, -0.15) is 0 Å². The predicted octanol–water partition coefficient (Wildman–Crippen LogP) is 1.86. The number of aromatic nitrogens is 3. The Bertz CT molecular complexity index is 1040. The summed E-state index contributed by atoms with van der Waals surface area (Å²) in [6.45, 7) is -0.517. The number of anilines is 1. The maximum atomic E-state index is 14.1. The van der Waals surface area contributed by atoms with E-state index in [-0.39, 0.29) is 28.7 Å². The molecule has 29 heavy (non-hydrogen) atoms. The molecule has 9 nitrogen and oxygen atoms in total. The zero-order valence-electron chi connectivity index (χ0n) is 15.4. The Balaban J connectivity index is 2.05. The molecule has 150 valence electrons. The molecule has 3 rings (SSSR count). The standard InChI is InChI=1S/C19H19FN6O3/c1-29-16-4-2-3-14(24-16)18(21)26-19(25-13-6-7-22-9-12(13)20)17-11(5-8-23-17)15(28)10-27/h2-9,15,23,27-28H,10H2,1H3,(H2,21,22,25,26). The Morgan fingerprint density at radius 3 is 2.93 bits per heavy atom. The van der Waals surface area contributed by atoms with Crippen LogP contribution < -0.4 is 10.1 Å². The molecule has 0 bridgehead atoms. The summed E-state index contributed by atoms with van der Waals surface area (Å²) in [6.07, 6.45) is 2.79. The van der Waals surface area contributed by atoms with Crippen molar-refractivity contribution in [2.75, 3.05) is 19.0 Å². The summed E-state index contributed by atoms with van der Waals surface area (Å²) in [5.41, 5.74) is 0.925. The van der Waals surface area contributed by atoms with E-state index in [2.05, 4.69) is 25.3 Å². The van der Waals surface area contributed by atoms with E-state index in [0.717, 1.165) is 6.20 Å². The first kappa shape index (κ1) is 20.1. The van der Waals surface area contributed by atoms with Gasteiger partial charge in [-0.15, -0.1) is 0 Å². The molecule has 0 fully saturated rings. The van der Waals surface area contributed by atoms with Crippen LogP contribution in [0.4, 0.5) is 10.1 Å². The SMILES string of the molecule is COc1cccc(C(=N)/N=C(/Nc2ccncc2F)c2[nH]ccc2C(O)CO)n1. The smallest absolute Gasteiger partial charge is 0.213 e. The van der Waals surface area contributed by atoms with Crippen LogP contribution in [0.25, 0.3) is 0 Å². The highest BCUT2D eigenvalue weighted by atomic mass is 19.1. The third kappa shape index (κ3) is 4.62. The number of ether oxygens (including phenoxy) is 1. The van der Waals surface area contributed by atoms with Crippen molar-refractivity contribution in [3.8, 4) is 5.88 Å². The van der Waals surface area contributed by atoms with Gasteiger partial charge in [-0.1, -0.05) is 6.07 Å². The van der Waals surface area contributed by atoms with Gasteiger partial charge in [0.1, 0.15) is 11.8 Å². The van der Waals surface area contributed by atoms with E-state index >= 15 is 0 Å². The van der Waals surface area contributed by atoms with Crippen LogP contribution in [-0.2, 0) is 0 Å². The lowest BCUT2D eigenvalue weighted by atomic mass is 10.1. The van der Waals surface area contributed by atoms with E-state index < -0.39 is 18.5 Å². The van der Waals surface area contributed by atoms with Crippen molar-refractivity contribution in [1.29, 1.82) is 5.41 Å². The second-order valence-corrected chi connectivity index (χ2v) is 5.86. The molecule has 0 spiro atoms. The molecule has 0 aliphatic heterocycles. The van der Waals surface area contributed by atoms with Crippen LogP contribution in [0.5, 0.6) is 5.88 Å². The summed E-state index contributed by atoms with van der Waals surface area (Å²) in [4.78, 5) is 15.0. The zero-order valence-corrected chi connectivity index (χ0v) is 15.4. The summed E-state index contributed by atoms with van der Waals surface area (Å²) < 4.78 is 19.2. The average molecular weight is 398 g/mol. The number of H-pyrrole nitrogens is 1. The number of pyridine rings is 2. The minimum atomic E-state index is -1.19. The summed E-state index contributed by atoms with van der Waals surface area (Å²) in [5, 5.41) is 30.5. The van der Waals surface area contributed by atoms with E-state index in [4.69, 9.17) is 10.1 Å². The molecular formula is C19H19FN6O3. The van der Waals surface area contributed by atoms with Gasteiger partial charge in [0.25, 0.3) is 0 Å². The Morgan fingerprint density at radius 1 is 1.38 bits per heavy atom. The van der Waals surface area contributed by atoms with E-state index in [1.165, 1.54) is 25.6 Å². The Kier molecular flexibility index (Phi) is 6.27. The van der Waals surface area contributed by atoms with Crippen molar-refractivity contribution < 1.29 is 19.3 Å². The van der Waals surface area contributed by atoms with Crippen LogP contribution in [0.15, 0.2) is 53.9 Å². The van der Waals surface area contributed by atoms with Crippen molar-refractivity contribution in [1.82, 2.24) is 15.0 Å². The zero-order chi connectivity index (χ0) is 20.8. The number of methoxy groups -OCH3 is 1. The van der Waals surface area contributed by atoms with Gasteiger partial charge in [0.15, 0.2) is 17.5 Å². The molecule has 0 radical (unpaired) electrons. The Labute approximate surface area is 165 Å². The molecule has 10 heteroatoms. The molecule has 3 aromatic rings. The molecule has 0 aliphatic carbocycles. The van der Waals surface area contributed by atoms with Crippen molar-refractivity contribution in [2.45, 2.75) is 6.10 Å². The number of hydrogen-bond donors (Lipinski definition) is 5. The normalized spacial score (nSPS) is 12.5. The quantitative estimate of drug-likeness (QED) is 0.317. The number of aliphatic imine (C=N–C) groups is 1. The van der Waals surface area contributed by atoms with Crippen LogP contribution in [0.3, 0.4) is 0 Å². The van der Waals surface area contributed by atoms with Crippen molar-refractivity contribution in [3.05, 3.63) is 71.7 Å². The molecule has 5 N–H and O–H groups in total. The highest BCUT2D eigenvalue weighted by Gasteiger charge is 2.19. The molecule has 1 unspecified atom stereocenters. The van der Waals surface area contributed by atoms with E-state index in [1.54, 1.807) is 24.3 Å². The van der Waals surface area contributed by atoms with Gasteiger partial charge in [0, 0.05) is 24.0 Å². The van der Waals surface area contributed by atoms with E-state index in [9.17, 15) is 14.6 Å². The summed E-state index contributed by atoms with van der Waals surface area (Å²) >= 11 is 0. The second kappa shape index (κ2) is 9.04. The third-order valence-corrected chi connectivity index (χ3v) is 3.97. The van der Waals surface area contributed by atoms with Crippen molar-refractivity contribution in [3.63, 3.8) is 0 Å². The van der Waals surface area contributed by atoms with Crippen LogP contribution in [0.2, 0.25) is 0 Å².